The maximum absolute atomic E-state index is 11.8. The van der Waals surface area contributed by atoms with Gasteiger partial charge in [-0.1, -0.05) is 6.07 Å². The lowest BCUT2D eigenvalue weighted by Crippen LogP contribution is -2.41. The van der Waals surface area contributed by atoms with Crippen molar-refractivity contribution in [3.05, 3.63) is 48.0 Å². The van der Waals surface area contributed by atoms with Crippen LogP contribution in [0.2, 0.25) is 0 Å². The maximum atomic E-state index is 11.8. The first-order valence-electron chi connectivity index (χ1n) is 8.05. The number of rotatable bonds is 5. The molecular weight excluding hydrogens is 308 g/mol. The van der Waals surface area contributed by atoms with Gasteiger partial charge < -0.3 is 24.7 Å². The quantitative estimate of drug-likeness (QED) is 0.875. The van der Waals surface area contributed by atoms with Crippen molar-refractivity contribution in [1.29, 1.82) is 0 Å². The van der Waals surface area contributed by atoms with E-state index in [0.29, 0.717) is 13.1 Å². The van der Waals surface area contributed by atoms with Gasteiger partial charge in [0, 0.05) is 37.9 Å². The molecule has 1 atom stereocenters. The van der Waals surface area contributed by atoms with Crippen molar-refractivity contribution in [2.75, 3.05) is 24.6 Å². The number of hydrogen-bond acceptors (Lipinski definition) is 5. The van der Waals surface area contributed by atoms with E-state index in [9.17, 15) is 4.79 Å². The Morgan fingerprint density at radius 1 is 1.29 bits per heavy atom. The number of nitrogens with one attached hydrogen (secondary N) is 2. The van der Waals surface area contributed by atoms with Crippen LogP contribution in [0, 0.1) is 0 Å². The molecule has 2 N–H and O–H groups in total. The summed E-state index contributed by atoms with van der Waals surface area (Å²) < 4.78 is 10.5. The van der Waals surface area contributed by atoms with Gasteiger partial charge in [-0.2, -0.15) is 0 Å². The number of urea groups is 1. The first-order chi connectivity index (χ1) is 11.7. The number of nitrogens with zero attached hydrogens (tertiary/aromatic N) is 2. The van der Waals surface area contributed by atoms with E-state index in [1.807, 2.05) is 18.2 Å². The van der Waals surface area contributed by atoms with E-state index in [1.54, 1.807) is 18.7 Å². The summed E-state index contributed by atoms with van der Waals surface area (Å²) in [6.45, 7) is 5.36. The molecule has 1 aliphatic rings. The number of carbonyl (C=O) groups excluding carboxylic acids is 1. The van der Waals surface area contributed by atoms with Crippen LogP contribution < -0.4 is 15.5 Å². The number of ether oxygens (including phenoxy) is 1. The molecule has 1 saturated heterocycles. The van der Waals surface area contributed by atoms with Gasteiger partial charge in [0.05, 0.1) is 25.2 Å². The average molecular weight is 330 g/mol. The molecule has 7 nitrogen and oxygen atoms in total. The largest absolute Gasteiger partial charge is 0.472 e. The van der Waals surface area contributed by atoms with Gasteiger partial charge in [0.15, 0.2) is 0 Å². The predicted octanol–water partition coefficient (Wildman–Crippen LogP) is 1.90. The van der Waals surface area contributed by atoms with E-state index >= 15 is 0 Å². The predicted molar refractivity (Wildman–Crippen MR) is 89.6 cm³/mol. The van der Waals surface area contributed by atoms with Gasteiger partial charge in [-0.05, 0) is 24.6 Å². The minimum atomic E-state index is -0.220. The van der Waals surface area contributed by atoms with Crippen LogP contribution >= 0.6 is 0 Å². The third kappa shape index (κ3) is 4.48. The number of pyridine rings is 1. The van der Waals surface area contributed by atoms with Gasteiger partial charge in [-0.3, -0.25) is 0 Å². The first kappa shape index (κ1) is 16.3. The number of hydrogen-bond donors (Lipinski definition) is 2. The highest BCUT2D eigenvalue weighted by molar-refractivity contribution is 5.73. The Bertz CT molecular complexity index is 642. The lowest BCUT2D eigenvalue weighted by atomic mass is 10.2. The van der Waals surface area contributed by atoms with E-state index in [2.05, 4.69) is 27.4 Å². The molecule has 0 radical (unpaired) electrons. The second kappa shape index (κ2) is 7.83. The molecule has 1 aliphatic heterocycles. The number of anilines is 1. The van der Waals surface area contributed by atoms with Gasteiger partial charge in [-0.15, -0.1) is 0 Å². The number of furan rings is 1. The maximum Gasteiger partial charge on any atom is 0.315 e. The van der Waals surface area contributed by atoms with Crippen LogP contribution in [0.5, 0.6) is 0 Å². The van der Waals surface area contributed by atoms with Crippen molar-refractivity contribution < 1.29 is 13.9 Å². The summed E-state index contributed by atoms with van der Waals surface area (Å²) in [7, 11) is 0. The van der Waals surface area contributed by atoms with Crippen LogP contribution in [0.25, 0.3) is 0 Å². The van der Waals surface area contributed by atoms with Crippen LogP contribution in [-0.4, -0.2) is 36.8 Å². The summed E-state index contributed by atoms with van der Waals surface area (Å²) in [5, 5.41) is 5.58. The molecule has 0 aliphatic carbocycles. The molecule has 2 amide bonds. The van der Waals surface area contributed by atoms with Crippen molar-refractivity contribution in [2.24, 2.45) is 0 Å². The Morgan fingerprint density at radius 3 is 2.79 bits per heavy atom. The topological polar surface area (TPSA) is 79.6 Å². The van der Waals surface area contributed by atoms with Crippen LogP contribution in [0.3, 0.4) is 0 Å². The van der Waals surface area contributed by atoms with Gasteiger partial charge in [0.1, 0.15) is 5.82 Å². The molecule has 0 spiro atoms. The smallest absolute Gasteiger partial charge is 0.315 e. The Morgan fingerprint density at radius 2 is 2.12 bits per heavy atom. The highest BCUT2D eigenvalue weighted by Crippen LogP contribution is 2.15. The van der Waals surface area contributed by atoms with Gasteiger partial charge in [0.25, 0.3) is 0 Å². The molecule has 1 fully saturated rings. The molecule has 0 bridgehead atoms. The van der Waals surface area contributed by atoms with Crippen molar-refractivity contribution in [3.63, 3.8) is 0 Å². The zero-order valence-corrected chi connectivity index (χ0v) is 13.7. The fourth-order valence-electron chi connectivity index (χ4n) is 2.56. The Hall–Kier alpha value is -2.54. The fourth-order valence-corrected chi connectivity index (χ4v) is 2.56. The molecule has 24 heavy (non-hydrogen) atoms. The molecule has 2 aromatic rings. The Kier molecular flexibility index (Phi) is 5.32. The van der Waals surface area contributed by atoms with E-state index in [1.165, 1.54) is 0 Å². The SMILES string of the molecule is C[C@H]1CN(c2ccc(CNC(=O)NCc3ccoc3)cn2)CCO1. The molecule has 0 unspecified atom stereocenters. The standard InChI is InChI=1S/C17H22N4O3/c1-13-11-21(5-7-24-13)16-3-2-14(8-18-16)9-19-17(22)20-10-15-4-6-23-12-15/h2-4,6,8,12-13H,5,7,9-11H2,1H3,(H2,19,20,22)/t13-/m0/s1. The molecule has 128 valence electrons. The summed E-state index contributed by atoms with van der Waals surface area (Å²) in [5.74, 6) is 0.943. The zero-order valence-electron chi connectivity index (χ0n) is 13.7. The summed E-state index contributed by atoms with van der Waals surface area (Å²) in [6, 6.07) is 5.56. The number of morpholine rings is 1. The van der Waals surface area contributed by atoms with Crippen LogP contribution in [0.15, 0.2) is 41.3 Å². The van der Waals surface area contributed by atoms with Crippen molar-refractivity contribution in [2.45, 2.75) is 26.1 Å². The zero-order chi connectivity index (χ0) is 16.8. The number of carbonyl (C=O) groups is 1. The molecular formula is C17H22N4O3. The molecule has 3 heterocycles. The summed E-state index contributed by atoms with van der Waals surface area (Å²) in [5.41, 5.74) is 1.88. The van der Waals surface area contributed by atoms with Crippen molar-refractivity contribution in [3.8, 4) is 0 Å². The highest BCUT2D eigenvalue weighted by Gasteiger charge is 2.17. The monoisotopic (exact) mass is 330 g/mol. The molecule has 3 rings (SSSR count). The van der Waals surface area contributed by atoms with Crippen molar-refractivity contribution in [1.82, 2.24) is 15.6 Å². The lowest BCUT2D eigenvalue weighted by Gasteiger charge is -2.32. The molecule has 0 aromatic carbocycles. The van der Waals surface area contributed by atoms with E-state index in [4.69, 9.17) is 9.15 Å². The minimum Gasteiger partial charge on any atom is -0.472 e. The fraction of sp³-hybridized carbons (Fsp3) is 0.412. The van der Waals surface area contributed by atoms with Crippen LogP contribution in [0.1, 0.15) is 18.1 Å². The van der Waals surface area contributed by atoms with Crippen LogP contribution in [-0.2, 0) is 17.8 Å². The summed E-state index contributed by atoms with van der Waals surface area (Å²) in [6.07, 6.45) is 5.21. The van der Waals surface area contributed by atoms with Gasteiger partial charge >= 0.3 is 6.03 Å². The molecule has 0 saturated carbocycles. The molecule has 7 heteroatoms. The summed E-state index contributed by atoms with van der Waals surface area (Å²) in [4.78, 5) is 18.5. The van der Waals surface area contributed by atoms with Gasteiger partial charge in [-0.25, -0.2) is 9.78 Å². The van der Waals surface area contributed by atoms with E-state index < -0.39 is 0 Å². The Balaban J connectivity index is 1.44. The van der Waals surface area contributed by atoms with Crippen molar-refractivity contribution >= 4 is 11.8 Å². The third-order valence-corrected chi connectivity index (χ3v) is 3.86. The third-order valence-electron chi connectivity index (χ3n) is 3.86. The normalized spacial score (nSPS) is 17.5. The highest BCUT2D eigenvalue weighted by atomic mass is 16.5. The Labute approximate surface area is 141 Å². The average Bonchev–Trinajstić information content (AvgIpc) is 3.12. The van der Waals surface area contributed by atoms with E-state index in [-0.39, 0.29) is 12.1 Å². The van der Waals surface area contributed by atoms with Gasteiger partial charge in [0.2, 0.25) is 0 Å². The summed E-state index contributed by atoms with van der Waals surface area (Å²) >= 11 is 0. The lowest BCUT2D eigenvalue weighted by molar-refractivity contribution is 0.0529. The number of aromatic nitrogens is 1. The second-order valence-electron chi connectivity index (χ2n) is 5.82. The van der Waals surface area contributed by atoms with Crippen LogP contribution in [0.4, 0.5) is 10.6 Å². The first-order valence-corrected chi connectivity index (χ1v) is 8.05. The number of amides is 2. The minimum absolute atomic E-state index is 0.220. The van der Waals surface area contributed by atoms with E-state index in [0.717, 1.165) is 36.6 Å². The second-order valence-corrected chi connectivity index (χ2v) is 5.82. The molecule has 2 aromatic heterocycles.